The van der Waals surface area contributed by atoms with E-state index in [0.29, 0.717) is 17.1 Å². The van der Waals surface area contributed by atoms with Gasteiger partial charge in [-0.25, -0.2) is 19.2 Å². The van der Waals surface area contributed by atoms with Crippen molar-refractivity contribution in [2.75, 3.05) is 39.8 Å². The van der Waals surface area contributed by atoms with Gasteiger partial charge in [0.25, 0.3) is 8.53 Å². The number of ether oxygens (including phenoxy) is 4. The van der Waals surface area contributed by atoms with Crippen molar-refractivity contribution in [1.29, 1.82) is 5.26 Å². The Balaban J connectivity index is 1.42. The molecule has 0 spiro atoms. The van der Waals surface area contributed by atoms with E-state index in [0.717, 1.165) is 16.7 Å². The van der Waals surface area contributed by atoms with Crippen molar-refractivity contribution in [3.63, 3.8) is 0 Å². The lowest BCUT2D eigenvalue weighted by Gasteiger charge is -2.39. The average Bonchev–Trinajstić information content (AvgIpc) is 3.69. The number of hydrogen-bond donors (Lipinski definition) is 1. The van der Waals surface area contributed by atoms with Crippen molar-refractivity contribution in [2.45, 2.75) is 82.8 Å². The molecule has 6 rings (SSSR count). The summed E-state index contributed by atoms with van der Waals surface area (Å²) in [5.74, 6) is 1.48. The third-order valence-corrected chi connectivity index (χ3v) is 12.1. The van der Waals surface area contributed by atoms with E-state index in [9.17, 15) is 10.1 Å². The van der Waals surface area contributed by atoms with E-state index in [1.807, 2.05) is 78.9 Å². The second-order valence-corrected chi connectivity index (χ2v) is 15.7. The van der Waals surface area contributed by atoms with Gasteiger partial charge in [-0.05, 0) is 75.6 Å². The van der Waals surface area contributed by atoms with E-state index in [4.69, 9.17) is 43.5 Å². The van der Waals surface area contributed by atoms with Crippen LogP contribution in [0.4, 0.5) is 5.82 Å². The molecule has 56 heavy (non-hydrogen) atoms. The molecule has 2 fully saturated rings. The molecule has 298 valence electrons. The van der Waals surface area contributed by atoms with E-state index in [1.54, 1.807) is 27.3 Å². The fourth-order valence-electron chi connectivity index (χ4n) is 7.21. The second kappa shape index (κ2) is 17.8. The van der Waals surface area contributed by atoms with Crippen LogP contribution in [0.25, 0.3) is 0 Å². The van der Waals surface area contributed by atoms with Gasteiger partial charge in [0, 0.05) is 23.8 Å². The highest BCUT2D eigenvalue weighted by molar-refractivity contribution is 7.44. The summed E-state index contributed by atoms with van der Waals surface area (Å²) in [6, 6.07) is 27.2. The number of aromatic nitrogens is 2. The van der Waals surface area contributed by atoms with Gasteiger partial charge in [0.05, 0.1) is 39.9 Å². The molecule has 3 heterocycles. The van der Waals surface area contributed by atoms with Crippen molar-refractivity contribution in [3.8, 4) is 17.6 Å². The zero-order chi connectivity index (χ0) is 40.0. The topological polar surface area (TPSA) is 162 Å². The third kappa shape index (κ3) is 8.18. The van der Waals surface area contributed by atoms with Crippen molar-refractivity contribution in [2.24, 2.45) is 0 Å². The van der Waals surface area contributed by atoms with Crippen molar-refractivity contribution >= 4 is 14.3 Å². The molecule has 2 saturated heterocycles. The molecule has 0 saturated carbocycles. The Kier molecular flexibility index (Phi) is 13.1. The zero-order valence-corrected chi connectivity index (χ0v) is 33.7. The molecule has 15 heteroatoms. The molecule has 14 nitrogen and oxygen atoms in total. The Hall–Kier alpha value is -4.42. The predicted molar refractivity (Wildman–Crippen MR) is 210 cm³/mol. The maximum Gasteiger partial charge on any atom is 0.351 e. The Morgan fingerprint density at radius 1 is 0.982 bits per heavy atom. The SMILES string of the molecule is COc1ccc(C(OOC[C@@]23CO[C@@H]([C@H](n4cc(C)c(N)nc4=O)O2)[C@@H]3OP(OCCC#N)N(C(C)C)C(C)C)(c2ccccc2)c2ccc(OC)cc2)cc1. The molecule has 0 amide bonds. The predicted octanol–water partition coefficient (Wildman–Crippen LogP) is 6.42. The second-order valence-electron chi connectivity index (χ2n) is 14.3. The van der Waals surface area contributed by atoms with Crippen LogP contribution < -0.4 is 20.9 Å². The monoisotopic (exact) mass is 787 g/mol. The van der Waals surface area contributed by atoms with Crippen LogP contribution in [0.15, 0.2) is 89.9 Å². The Morgan fingerprint density at radius 3 is 2.12 bits per heavy atom. The van der Waals surface area contributed by atoms with Crippen LogP contribution in [0, 0.1) is 18.3 Å². The first kappa shape index (κ1) is 41.2. The molecule has 3 aromatic carbocycles. The number of nitrogens with zero attached hydrogens (tertiary/aromatic N) is 4. The highest BCUT2D eigenvalue weighted by Gasteiger charge is 2.65. The lowest BCUT2D eigenvalue weighted by molar-refractivity contribution is -0.368. The van der Waals surface area contributed by atoms with E-state index in [-0.39, 0.29) is 44.1 Å². The third-order valence-electron chi connectivity index (χ3n) is 9.95. The quantitative estimate of drug-likeness (QED) is 0.0387. The zero-order valence-electron chi connectivity index (χ0n) is 32.8. The fourth-order valence-corrected chi connectivity index (χ4v) is 9.03. The minimum Gasteiger partial charge on any atom is -0.497 e. The number of methoxy groups -OCH3 is 2. The van der Waals surface area contributed by atoms with Gasteiger partial charge in [-0.15, -0.1) is 0 Å². The lowest BCUT2D eigenvalue weighted by atomic mass is 9.80. The summed E-state index contributed by atoms with van der Waals surface area (Å²) in [5, 5.41) is 9.34. The summed E-state index contributed by atoms with van der Waals surface area (Å²) in [6.07, 6.45) is -0.727. The number of rotatable bonds is 18. The molecule has 5 atom stereocenters. The first-order valence-electron chi connectivity index (χ1n) is 18.5. The Morgan fingerprint density at radius 2 is 1.57 bits per heavy atom. The van der Waals surface area contributed by atoms with Crippen molar-refractivity contribution in [3.05, 3.63) is 118 Å². The average molecular weight is 788 g/mol. The summed E-state index contributed by atoms with van der Waals surface area (Å²) in [6.45, 7) is 10.0. The number of anilines is 1. The lowest BCUT2D eigenvalue weighted by Crippen LogP contribution is -2.48. The van der Waals surface area contributed by atoms with Crippen molar-refractivity contribution < 1.29 is 37.8 Å². The van der Waals surface area contributed by atoms with Gasteiger partial charge < -0.3 is 33.7 Å². The number of nitriles is 1. The highest BCUT2D eigenvalue weighted by Crippen LogP contribution is 2.55. The molecule has 2 aliphatic heterocycles. The van der Waals surface area contributed by atoms with Gasteiger partial charge in [0.15, 0.2) is 11.8 Å². The molecule has 4 aromatic rings. The number of benzene rings is 3. The largest absolute Gasteiger partial charge is 0.497 e. The van der Waals surface area contributed by atoms with Crippen LogP contribution >= 0.6 is 8.53 Å². The van der Waals surface area contributed by atoms with E-state index >= 15 is 0 Å². The Bertz CT molecular complexity index is 1950. The van der Waals surface area contributed by atoms with Gasteiger partial charge >= 0.3 is 5.69 Å². The smallest absolute Gasteiger partial charge is 0.351 e. The number of aryl methyl sites for hydroxylation is 1. The molecule has 2 bridgehead atoms. The van der Waals surface area contributed by atoms with Gasteiger partial charge in [-0.1, -0.05) is 54.6 Å². The van der Waals surface area contributed by atoms with Crippen LogP contribution in [-0.2, 0) is 33.9 Å². The molecular formula is C41H50N5O9P. The molecular weight excluding hydrogens is 737 g/mol. The summed E-state index contributed by atoms with van der Waals surface area (Å²) < 4.78 is 41.0. The number of nitrogen functional groups attached to an aromatic ring is 1. The van der Waals surface area contributed by atoms with Gasteiger partial charge in [0.2, 0.25) is 0 Å². The van der Waals surface area contributed by atoms with Gasteiger partial charge in [-0.3, -0.25) is 4.57 Å². The first-order chi connectivity index (χ1) is 27.0. The van der Waals surface area contributed by atoms with E-state index < -0.39 is 43.9 Å². The standard InChI is InChI=1S/C41H50N5O9P/c1-27(2)46(28(3)4)56(52-23-11-22-42)54-36-35-38(45-24-29(5)37(43)44-39(45)47)53-40(36,25-50-35)26-51-55-41(30-12-9-8-10-13-30,31-14-18-33(48-6)19-15-31)32-16-20-34(49-7)21-17-32/h8-10,12-21,24,27-28,35-36,38H,11,23,25-26H2,1-7H3,(H2,43,44,47)/t35-,36+,38-,40-,56?/m1/s1. The Labute approximate surface area is 328 Å². The maximum absolute atomic E-state index is 13.3. The van der Waals surface area contributed by atoms with Crippen LogP contribution in [0.5, 0.6) is 11.5 Å². The first-order valence-corrected chi connectivity index (χ1v) is 19.7. The molecule has 0 radical (unpaired) electrons. The minimum absolute atomic E-state index is 0.0301. The molecule has 0 aliphatic carbocycles. The molecule has 1 unspecified atom stereocenters. The minimum atomic E-state index is -1.75. The molecule has 2 N–H and O–H groups in total. The number of nitrogens with two attached hydrogens (primary N) is 1. The maximum atomic E-state index is 13.3. The normalized spacial score (nSPS) is 21.1. The summed E-state index contributed by atoms with van der Waals surface area (Å²) >= 11 is 0. The van der Waals surface area contributed by atoms with Crippen LogP contribution in [-0.4, -0.2) is 78.2 Å². The number of hydrogen-bond acceptors (Lipinski definition) is 13. The molecule has 2 aliphatic rings. The highest BCUT2D eigenvalue weighted by atomic mass is 31.2. The van der Waals surface area contributed by atoms with Gasteiger partial charge in [-0.2, -0.15) is 10.2 Å². The molecule has 1 aromatic heterocycles. The van der Waals surface area contributed by atoms with E-state index in [1.165, 1.54) is 4.57 Å². The summed E-state index contributed by atoms with van der Waals surface area (Å²) in [5.41, 5.74) is 5.74. The fraction of sp³-hybridized carbons (Fsp3) is 0.439. The summed E-state index contributed by atoms with van der Waals surface area (Å²) in [4.78, 5) is 30.5. The van der Waals surface area contributed by atoms with E-state index in [2.05, 4.69) is 43.4 Å². The van der Waals surface area contributed by atoms with Crippen molar-refractivity contribution in [1.82, 2.24) is 14.2 Å². The van der Waals surface area contributed by atoms with Gasteiger partial charge in [0.1, 0.15) is 41.7 Å². The van der Waals surface area contributed by atoms with Crippen LogP contribution in [0.2, 0.25) is 0 Å². The number of fused-ring (bicyclic) bond motifs is 2. The van der Waals surface area contributed by atoms with Crippen LogP contribution in [0.3, 0.4) is 0 Å². The summed E-state index contributed by atoms with van der Waals surface area (Å²) in [7, 11) is 1.48. The van der Waals surface area contributed by atoms with Crippen LogP contribution in [0.1, 0.15) is 62.6 Å².